The minimum atomic E-state index is 0.569. The van der Waals surface area contributed by atoms with Gasteiger partial charge in [0, 0.05) is 0 Å². The number of hydrogen-bond donors (Lipinski definition) is 0. The topological polar surface area (TPSA) is 71.4 Å². The Balaban J connectivity index is 3.77. The van der Waals surface area contributed by atoms with Crippen molar-refractivity contribution in [1.82, 2.24) is 0 Å². The molecule has 0 aliphatic rings. The average molecular weight is 314 g/mol. The van der Waals surface area contributed by atoms with Gasteiger partial charge in [-0.05, 0) is 42.4 Å². The van der Waals surface area contributed by atoms with E-state index < -0.39 is 0 Å². The van der Waals surface area contributed by atoms with Gasteiger partial charge in [-0.3, -0.25) is 0 Å². The van der Waals surface area contributed by atoms with E-state index in [9.17, 15) is 0 Å². The summed E-state index contributed by atoms with van der Waals surface area (Å²) in [5.41, 5.74) is 0. The average Bonchev–Trinajstić information content (AvgIpc) is 2.43. The Morgan fingerprint density at radius 3 is 1.21 bits per heavy atom. The lowest BCUT2D eigenvalue weighted by Gasteiger charge is -2.15. The summed E-state index contributed by atoms with van der Waals surface area (Å²) in [5.74, 6) is 5.46. The van der Waals surface area contributed by atoms with Crippen LogP contribution in [0.2, 0.25) is 0 Å². The first-order valence-electron chi connectivity index (χ1n) is 6.19. The third-order valence-electron chi connectivity index (χ3n) is 2.51. The molecule has 0 bridgehead atoms. The Morgan fingerprint density at radius 2 is 0.947 bits per heavy atom. The molecule has 104 valence electrons. The fraction of sp³-hybridized carbons (Fsp3) is 0.769. The predicted octanol–water partition coefficient (Wildman–Crippen LogP) is 3.54. The highest BCUT2D eigenvalue weighted by Crippen LogP contribution is 2.21. The van der Waals surface area contributed by atoms with Crippen LogP contribution in [0.25, 0.3) is 0 Å². The molecular weight excluding hydrogens is 294 g/mol. The lowest BCUT2D eigenvalue weighted by molar-refractivity contribution is 0.489. The standard InChI is InChI=1S/C13H19N3S3/c14-4-10-17-7-1-13(2-8-18-11-5-15)3-9-19-12-6-16/h13H,1-3,7-12H2. The molecule has 0 rings (SSSR count). The van der Waals surface area contributed by atoms with E-state index in [0.29, 0.717) is 23.2 Å². The van der Waals surface area contributed by atoms with E-state index in [1.54, 1.807) is 35.3 Å². The zero-order valence-electron chi connectivity index (χ0n) is 11.0. The van der Waals surface area contributed by atoms with Crippen LogP contribution in [-0.4, -0.2) is 34.5 Å². The van der Waals surface area contributed by atoms with Gasteiger partial charge in [-0.1, -0.05) is 0 Å². The highest BCUT2D eigenvalue weighted by Gasteiger charge is 2.09. The van der Waals surface area contributed by atoms with Gasteiger partial charge in [0.25, 0.3) is 0 Å². The van der Waals surface area contributed by atoms with Crippen molar-refractivity contribution in [2.75, 3.05) is 34.5 Å². The molecule has 0 aromatic carbocycles. The van der Waals surface area contributed by atoms with Gasteiger partial charge >= 0.3 is 0 Å². The number of nitrogens with zero attached hydrogens (tertiary/aromatic N) is 3. The van der Waals surface area contributed by atoms with Crippen LogP contribution < -0.4 is 0 Å². The second-order valence-corrected chi connectivity index (χ2v) is 7.18. The van der Waals surface area contributed by atoms with Crippen molar-refractivity contribution >= 4 is 35.3 Å². The summed E-state index contributed by atoms with van der Waals surface area (Å²) < 4.78 is 0. The van der Waals surface area contributed by atoms with Crippen molar-refractivity contribution in [3.8, 4) is 18.2 Å². The Labute approximate surface area is 129 Å². The molecule has 0 aromatic rings. The highest BCUT2D eigenvalue weighted by atomic mass is 32.2. The molecule has 0 unspecified atom stereocenters. The molecule has 0 saturated heterocycles. The summed E-state index contributed by atoms with van der Waals surface area (Å²) in [6.45, 7) is 0. The third kappa shape index (κ3) is 13.7. The number of rotatable bonds is 12. The molecule has 0 heterocycles. The zero-order valence-corrected chi connectivity index (χ0v) is 13.5. The molecule has 0 atom stereocenters. The van der Waals surface area contributed by atoms with Gasteiger partial charge in [0.2, 0.25) is 0 Å². The normalized spacial score (nSPS) is 9.79. The van der Waals surface area contributed by atoms with Gasteiger partial charge < -0.3 is 0 Å². The van der Waals surface area contributed by atoms with Crippen LogP contribution in [0.3, 0.4) is 0 Å². The van der Waals surface area contributed by atoms with E-state index in [4.69, 9.17) is 15.8 Å². The number of nitriles is 3. The first-order valence-corrected chi connectivity index (χ1v) is 9.65. The maximum Gasteiger partial charge on any atom is 0.0808 e. The van der Waals surface area contributed by atoms with Gasteiger partial charge in [0.15, 0.2) is 0 Å². The second kappa shape index (κ2) is 15.6. The fourth-order valence-corrected chi connectivity index (χ4v) is 3.74. The smallest absolute Gasteiger partial charge is 0.0808 e. The monoisotopic (exact) mass is 313 g/mol. The summed E-state index contributed by atoms with van der Waals surface area (Å²) >= 11 is 5.07. The molecule has 0 aliphatic heterocycles. The van der Waals surface area contributed by atoms with Crippen molar-refractivity contribution in [3.05, 3.63) is 0 Å². The van der Waals surface area contributed by atoms with Gasteiger partial charge in [-0.15, -0.1) is 35.3 Å². The van der Waals surface area contributed by atoms with Gasteiger partial charge in [0.05, 0.1) is 35.5 Å². The minimum Gasteiger partial charge on any atom is -0.197 e. The first-order chi connectivity index (χ1) is 9.35. The lowest BCUT2D eigenvalue weighted by Crippen LogP contribution is -2.06. The molecule has 0 saturated carbocycles. The van der Waals surface area contributed by atoms with Crippen LogP contribution in [0.5, 0.6) is 0 Å². The van der Waals surface area contributed by atoms with E-state index in [-0.39, 0.29) is 0 Å². The summed E-state index contributed by atoms with van der Waals surface area (Å²) in [6, 6.07) is 6.43. The van der Waals surface area contributed by atoms with Crippen LogP contribution in [-0.2, 0) is 0 Å². The lowest BCUT2D eigenvalue weighted by atomic mass is 10.0. The Hall–Kier alpha value is -0.480. The fourth-order valence-electron chi connectivity index (χ4n) is 1.54. The molecule has 3 nitrogen and oxygen atoms in total. The zero-order chi connectivity index (χ0) is 14.2. The molecule has 6 heteroatoms. The summed E-state index contributed by atoms with van der Waals surface area (Å²) in [4.78, 5) is 0. The predicted molar refractivity (Wildman–Crippen MR) is 86.2 cm³/mol. The maximum absolute atomic E-state index is 8.49. The minimum absolute atomic E-state index is 0.569. The van der Waals surface area contributed by atoms with Crippen molar-refractivity contribution in [1.29, 1.82) is 15.8 Å². The molecule has 0 N–H and O–H groups in total. The summed E-state index contributed by atoms with van der Waals surface area (Å²) in [5, 5.41) is 25.5. The van der Waals surface area contributed by atoms with Crippen LogP contribution in [0.4, 0.5) is 0 Å². The number of thioether (sulfide) groups is 3. The molecule has 0 amide bonds. The van der Waals surface area contributed by atoms with E-state index in [0.717, 1.165) is 36.5 Å². The molecule has 0 spiro atoms. The van der Waals surface area contributed by atoms with Gasteiger partial charge in [0.1, 0.15) is 0 Å². The Morgan fingerprint density at radius 1 is 0.632 bits per heavy atom. The SMILES string of the molecule is N#CCSCCC(CCSCC#N)CCSCC#N. The third-order valence-corrected chi connectivity index (χ3v) is 5.08. The molecule has 0 fully saturated rings. The second-order valence-electron chi connectivity index (χ2n) is 3.86. The van der Waals surface area contributed by atoms with Gasteiger partial charge in [-0.25, -0.2) is 0 Å². The van der Waals surface area contributed by atoms with Crippen molar-refractivity contribution in [2.24, 2.45) is 5.92 Å². The summed E-state index contributed by atoms with van der Waals surface area (Å²) in [6.07, 6.45) is 3.39. The van der Waals surface area contributed by atoms with E-state index in [1.807, 2.05) is 0 Å². The quantitative estimate of drug-likeness (QED) is 0.513. The van der Waals surface area contributed by atoms with Crippen LogP contribution in [0, 0.1) is 39.9 Å². The van der Waals surface area contributed by atoms with E-state index >= 15 is 0 Å². The molecule has 19 heavy (non-hydrogen) atoms. The Kier molecular flexibility index (Phi) is 15.2. The van der Waals surface area contributed by atoms with E-state index in [1.165, 1.54) is 0 Å². The van der Waals surface area contributed by atoms with Crippen molar-refractivity contribution in [3.63, 3.8) is 0 Å². The van der Waals surface area contributed by atoms with Crippen LogP contribution >= 0.6 is 35.3 Å². The molecule has 0 aromatic heterocycles. The first kappa shape index (κ1) is 18.5. The molecule has 0 radical (unpaired) electrons. The van der Waals surface area contributed by atoms with Crippen LogP contribution in [0.15, 0.2) is 0 Å². The molecular formula is C13H19N3S3. The largest absolute Gasteiger partial charge is 0.197 e. The maximum atomic E-state index is 8.49. The van der Waals surface area contributed by atoms with Crippen molar-refractivity contribution < 1.29 is 0 Å². The highest BCUT2D eigenvalue weighted by molar-refractivity contribution is 7.99. The number of hydrogen-bond acceptors (Lipinski definition) is 6. The summed E-state index contributed by atoms with van der Waals surface area (Å²) in [7, 11) is 0. The van der Waals surface area contributed by atoms with Crippen molar-refractivity contribution in [2.45, 2.75) is 19.3 Å². The molecule has 0 aliphatic carbocycles. The van der Waals surface area contributed by atoms with Gasteiger partial charge in [-0.2, -0.15) is 15.8 Å². The van der Waals surface area contributed by atoms with Crippen LogP contribution in [0.1, 0.15) is 19.3 Å². The Bertz CT molecular complexity index is 275. The van der Waals surface area contributed by atoms with E-state index in [2.05, 4.69) is 18.2 Å².